The second-order valence-corrected chi connectivity index (χ2v) is 5.59. The minimum Gasteiger partial charge on any atom is -0.338 e. The summed E-state index contributed by atoms with van der Waals surface area (Å²) in [5.41, 5.74) is 0. The van der Waals surface area contributed by atoms with Crippen LogP contribution in [-0.2, 0) is 19.5 Å². The normalized spacial score (nSPS) is 20.0. The average Bonchev–Trinajstić information content (AvgIpc) is 3.14. The van der Waals surface area contributed by atoms with E-state index in [-0.39, 0.29) is 0 Å². The highest BCUT2D eigenvalue weighted by Gasteiger charge is 2.24. The van der Waals surface area contributed by atoms with Gasteiger partial charge in [-0.3, -0.25) is 9.58 Å². The predicted octanol–water partition coefficient (Wildman–Crippen LogP) is 1.67. The van der Waals surface area contributed by atoms with Crippen molar-refractivity contribution in [2.45, 2.75) is 58.2 Å². The number of rotatable bonds is 6. The maximum Gasteiger partial charge on any atom is 0.240 e. The lowest BCUT2D eigenvalue weighted by molar-refractivity contribution is 0.108. The molecule has 3 rings (SSSR count). The number of piperidine rings is 1. The number of likely N-dealkylation sites (tertiary alicyclic amines) is 1. The fourth-order valence-electron chi connectivity index (χ4n) is 2.87. The van der Waals surface area contributed by atoms with E-state index < -0.39 is 0 Å². The van der Waals surface area contributed by atoms with Crippen molar-refractivity contribution in [2.75, 3.05) is 6.54 Å². The molecule has 21 heavy (non-hydrogen) atoms. The van der Waals surface area contributed by atoms with E-state index >= 15 is 0 Å². The lowest BCUT2D eigenvalue weighted by atomic mass is 10.0. The Kier molecular flexibility index (Phi) is 4.59. The molecule has 2 aromatic heterocycles. The van der Waals surface area contributed by atoms with Gasteiger partial charge in [-0.05, 0) is 25.8 Å². The van der Waals surface area contributed by atoms with Crippen LogP contribution < -0.4 is 0 Å². The lowest BCUT2D eigenvalue weighted by Crippen LogP contribution is -2.41. The van der Waals surface area contributed by atoms with Crippen molar-refractivity contribution in [3.05, 3.63) is 24.4 Å². The molecule has 7 nitrogen and oxygen atoms in total. The molecule has 114 valence electrons. The van der Waals surface area contributed by atoms with E-state index in [1.165, 1.54) is 19.3 Å². The van der Waals surface area contributed by atoms with Crippen molar-refractivity contribution in [2.24, 2.45) is 0 Å². The largest absolute Gasteiger partial charge is 0.338 e. The zero-order valence-corrected chi connectivity index (χ0v) is 12.5. The van der Waals surface area contributed by atoms with Gasteiger partial charge >= 0.3 is 0 Å². The van der Waals surface area contributed by atoms with Gasteiger partial charge < -0.3 is 4.52 Å². The Labute approximate surface area is 124 Å². The van der Waals surface area contributed by atoms with Gasteiger partial charge in [0.2, 0.25) is 5.89 Å². The van der Waals surface area contributed by atoms with Crippen LogP contribution in [0.2, 0.25) is 0 Å². The number of hydrogen-bond donors (Lipinski definition) is 0. The van der Waals surface area contributed by atoms with Gasteiger partial charge in [0.25, 0.3) is 0 Å². The molecule has 0 amide bonds. The van der Waals surface area contributed by atoms with Crippen LogP contribution in [0.5, 0.6) is 0 Å². The van der Waals surface area contributed by atoms with Gasteiger partial charge in [-0.1, -0.05) is 18.5 Å². The van der Waals surface area contributed by atoms with E-state index in [0.29, 0.717) is 6.04 Å². The molecule has 1 aliphatic heterocycles. The van der Waals surface area contributed by atoms with E-state index in [1.807, 2.05) is 4.68 Å². The summed E-state index contributed by atoms with van der Waals surface area (Å²) in [6.07, 6.45) is 8.95. The Balaban J connectivity index is 1.63. The van der Waals surface area contributed by atoms with Crippen molar-refractivity contribution in [3.8, 4) is 0 Å². The molecule has 0 radical (unpaired) electrons. The Morgan fingerprint density at radius 2 is 2.33 bits per heavy atom. The molecule has 3 heterocycles. The van der Waals surface area contributed by atoms with Gasteiger partial charge in [-0.25, -0.2) is 4.98 Å². The summed E-state index contributed by atoms with van der Waals surface area (Å²) in [5, 5.41) is 8.24. The quantitative estimate of drug-likeness (QED) is 0.805. The Hall–Kier alpha value is -1.76. The van der Waals surface area contributed by atoms with Gasteiger partial charge in [0, 0.05) is 12.5 Å². The van der Waals surface area contributed by atoms with Gasteiger partial charge in [-0.2, -0.15) is 10.1 Å². The topological polar surface area (TPSA) is 72.9 Å². The number of hydrogen-bond acceptors (Lipinski definition) is 6. The maximum absolute atomic E-state index is 5.37. The summed E-state index contributed by atoms with van der Waals surface area (Å²) in [7, 11) is 0. The van der Waals surface area contributed by atoms with Gasteiger partial charge in [0.05, 0.1) is 13.1 Å². The molecule has 0 aromatic carbocycles. The van der Waals surface area contributed by atoms with Crippen LogP contribution in [0.3, 0.4) is 0 Å². The molecule has 7 heteroatoms. The molecule has 1 atom stereocenters. The molecule has 0 N–H and O–H groups in total. The maximum atomic E-state index is 5.37. The van der Waals surface area contributed by atoms with Crippen molar-refractivity contribution < 1.29 is 4.52 Å². The average molecular weight is 290 g/mol. The third-order valence-corrected chi connectivity index (χ3v) is 3.94. The summed E-state index contributed by atoms with van der Waals surface area (Å²) in [5.74, 6) is 1.54. The second-order valence-electron chi connectivity index (χ2n) is 5.59. The van der Waals surface area contributed by atoms with Crippen LogP contribution in [0.1, 0.15) is 44.3 Å². The van der Waals surface area contributed by atoms with E-state index in [9.17, 15) is 0 Å². The summed E-state index contributed by atoms with van der Waals surface area (Å²) in [6, 6.07) is 0.460. The fourth-order valence-corrected chi connectivity index (χ4v) is 2.87. The van der Waals surface area contributed by atoms with E-state index in [0.717, 1.165) is 44.2 Å². The summed E-state index contributed by atoms with van der Waals surface area (Å²) in [4.78, 5) is 10.9. The van der Waals surface area contributed by atoms with Gasteiger partial charge in [0.15, 0.2) is 5.82 Å². The molecule has 0 unspecified atom stereocenters. The molecule has 0 spiro atoms. The van der Waals surface area contributed by atoms with Crippen LogP contribution in [0.15, 0.2) is 17.2 Å². The third-order valence-electron chi connectivity index (χ3n) is 3.94. The molecule has 2 aromatic rings. The van der Waals surface area contributed by atoms with Crippen molar-refractivity contribution in [1.29, 1.82) is 0 Å². The van der Waals surface area contributed by atoms with Gasteiger partial charge in [0.1, 0.15) is 12.7 Å². The lowest BCUT2D eigenvalue weighted by Gasteiger charge is -2.34. The zero-order valence-electron chi connectivity index (χ0n) is 12.5. The van der Waals surface area contributed by atoms with Crippen LogP contribution >= 0.6 is 0 Å². The molecule has 1 aliphatic rings. The molecule has 1 fully saturated rings. The molecule has 0 aliphatic carbocycles. The molecule has 0 bridgehead atoms. The van der Waals surface area contributed by atoms with E-state index in [1.54, 1.807) is 12.7 Å². The highest BCUT2D eigenvalue weighted by molar-refractivity contribution is 4.88. The van der Waals surface area contributed by atoms with Crippen molar-refractivity contribution in [3.63, 3.8) is 0 Å². The SMILES string of the molecule is CCCc1noc(CN2CCCC[C@H]2Cn2cncn2)n1. The number of aryl methyl sites for hydroxylation is 1. The van der Waals surface area contributed by atoms with Crippen molar-refractivity contribution >= 4 is 0 Å². The first-order valence-corrected chi connectivity index (χ1v) is 7.73. The standard InChI is InChI=1S/C14H22N6O/c1-2-5-13-17-14(21-18-13)9-19-7-4-3-6-12(19)8-20-11-15-10-16-20/h10-12H,2-9H2,1H3/t12-/m0/s1. The summed E-state index contributed by atoms with van der Waals surface area (Å²) >= 11 is 0. The first-order valence-electron chi connectivity index (χ1n) is 7.73. The van der Waals surface area contributed by atoms with Crippen LogP contribution in [-0.4, -0.2) is 42.4 Å². The highest BCUT2D eigenvalue weighted by Crippen LogP contribution is 2.20. The van der Waals surface area contributed by atoms with Crippen LogP contribution in [0.4, 0.5) is 0 Å². The number of nitrogens with zero attached hydrogens (tertiary/aromatic N) is 6. The summed E-state index contributed by atoms with van der Waals surface area (Å²) < 4.78 is 7.27. The molecule has 0 saturated carbocycles. The third kappa shape index (κ3) is 3.66. The highest BCUT2D eigenvalue weighted by atomic mass is 16.5. The number of aromatic nitrogens is 5. The Bertz CT molecular complexity index is 537. The van der Waals surface area contributed by atoms with E-state index in [4.69, 9.17) is 4.52 Å². The van der Waals surface area contributed by atoms with Crippen molar-refractivity contribution in [1.82, 2.24) is 29.8 Å². The Morgan fingerprint density at radius 1 is 1.38 bits per heavy atom. The molecule has 1 saturated heterocycles. The predicted molar refractivity (Wildman–Crippen MR) is 76.4 cm³/mol. The van der Waals surface area contributed by atoms with E-state index in [2.05, 4.69) is 32.0 Å². The second kappa shape index (κ2) is 6.80. The zero-order chi connectivity index (χ0) is 14.5. The first kappa shape index (κ1) is 14.2. The monoisotopic (exact) mass is 290 g/mol. The first-order chi connectivity index (χ1) is 10.3. The van der Waals surface area contributed by atoms with Crippen LogP contribution in [0, 0.1) is 0 Å². The smallest absolute Gasteiger partial charge is 0.240 e. The Morgan fingerprint density at radius 3 is 3.14 bits per heavy atom. The minimum atomic E-state index is 0.460. The minimum absolute atomic E-state index is 0.460. The van der Waals surface area contributed by atoms with Gasteiger partial charge in [-0.15, -0.1) is 0 Å². The van der Waals surface area contributed by atoms with Crippen LogP contribution in [0.25, 0.3) is 0 Å². The summed E-state index contributed by atoms with van der Waals surface area (Å²) in [6.45, 7) is 4.80. The molecular formula is C14H22N6O. The fraction of sp³-hybridized carbons (Fsp3) is 0.714. The molecular weight excluding hydrogens is 268 g/mol.